The number of rotatable bonds is 8. The molecule has 1 rings (SSSR count). The van der Waals surface area contributed by atoms with Gasteiger partial charge in [-0.2, -0.15) is 0 Å². The van der Waals surface area contributed by atoms with Crippen molar-refractivity contribution < 1.29 is 9.53 Å². The Hall–Kier alpha value is -1.55. The molecule has 0 saturated heterocycles. The summed E-state index contributed by atoms with van der Waals surface area (Å²) in [6.07, 6.45) is 0.00885. The Kier molecular flexibility index (Phi) is 6.36. The molecule has 0 radical (unpaired) electrons. The zero-order valence-electron chi connectivity index (χ0n) is 12.0. The van der Waals surface area contributed by atoms with Crippen LogP contribution in [0.4, 0.5) is 0 Å². The minimum atomic E-state index is -0.564. The zero-order chi connectivity index (χ0) is 14.3. The number of hydrogen-bond acceptors (Lipinski definition) is 3. The van der Waals surface area contributed by atoms with Gasteiger partial charge in [-0.1, -0.05) is 39.0 Å². The normalized spacial score (nSPS) is 12.4. The lowest BCUT2D eigenvalue weighted by atomic mass is 10.1. The van der Waals surface area contributed by atoms with Crippen molar-refractivity contribution in [3.05, 3.63) is 29.8 Å². The van der Waals surface area contributed by atoms with E-state index in [1.54, 1.807) is 0 Å². The van der Waals surface area contributed by atoms with E-state index in [1.165, 1.54) is 0 Å². The Morgan fingerprint density at radius 3 is 2.63 bits per heavy atom. The summed E-state index contributed by atoms with van der Waals surface area (Å²) in [5.74, 6) is 0.902. The Morgan fingerprint density at radius 1 is 1.37 bits per heavy atom. The summed E-state index contributed by atoms with van der Waals surface area (Å²) in [6.45, 7) is 7.88. The molecule has 4 nitrogen and oxygen atoms in total. The predicted octanol–water partition coefficient (Wildman–Crippen LogP) is 2.07. The number of amides is 1. The molecular weight excluding hydrogens is 240 g/mol. The Bertz CT molecular complexity index is 405. The van der Waals surface area contributed by atoms with Crippen molar-refractivity contribution in [3.63, 3.8) is 0 Å². The summed E-state index contributed by atoms with van der Waals surface area (Å²) in [6, 6.07) is 7.73. The van der Waals surface area contributed by atoms with Gasteiger partial charge in [0.05, 0.1) is 0 Å². The van der Waals surface area contributed by atoms with Gasteiger partial charge >= 0.3 is 0 Å². The first-order valence-electron chi connectivity index (χ1n) is 6.79. The third-order valence-corrected chi connectivity index (χ3v) is 2.80. The minimum absolute atomic E-state index is 0.424. The second kappa shape index (κ2) is 7.79. The van der Waals surface area contributed by atoms with Crippen LogP contribution in [0.2, 0.25) is 0 Å². The Labute approximate surface area is 115 Å². The van der Waals surface area contributed by atoms with Gasteiger partial charge in [0.2, 0.25) is 0 Å². The van der Waals surface area contributed by atoms with Crippen LogP contribution >= 0.6 is 0 Å². The number of nitrogens with one attached hydrogen (secondary N) is 1. The van der Waals surface area contributed by atoms with Crippen LogP contribution in [0.3, 0.4) is 0 Å². The molecule has 0 aromatic heterocycles. The maximum atomic E-state index is 11.2. The summed E-state index contributed by atoms with van der Waals surface area (Å²) in [7, 11) is 0. The fourth-order valence-corrected chi connectivity index (χ4v) is 1.76. The number of hydrogen-bond donors (Lipinski definition) is 2. The van der Waals surface area contributed by atoms with E-state index in [9.17, 15) is 4.79 Å². The summed E-state index contributed by atoms with van der Waals surface area (Å²) >= 11 is 0. The average molecular weight is 264 g/mol. The molecule has 0 fully saturated rings. The van der Waals surface area contributed by atoms with Crippen LogP contribution in [0, 0.1) is 5.92 Å². The number of nitrogens with two attached hydrogens (primary N) is 1. The van der Waals surface area contributed by atoms with Crippen molar-refractivity contribution in [2.75, 3.05) is 6.54 Å². The maximum Gasteiger partial charge on any atom is 0.258 e. The van der Waals surface area contributed by atoms with Crippen LogP contribution in [0.5, 0.6) is 5.75 Å². The zero-order valence-corrected chi connectivity index (χ0v) is 12.0. The predicted molar refractivity (Wildman–Crippen MR) is 76.9 cm³/mol. The number of primary amides is 1. The van der Waals surface area contributed by atoms with Gasteiger partial charge in [-0.25, -0.2) is 0 Å². The molecule has 1 amide bonds. The van der Waals surface area contributed by atoms with Gasteiger partial charge in [-0.05, 0) is 24.9 Å². The highest BCUT2D eigenvalue weighted by Crippen LogP contribution is 2.20. The molecule has 0 aliphatic heterocycles. The molecule has 3 N–H and O–H groups in total. The first-order chi connectivity index (χ1) is 9.04. The average Bonchev–Trinajstić information content (AvgIpc) is 2.36. The van der Waals surface area contributed by atoms with E-state index in [0.29, 0.717) is 12.3 Å². The number of carbonyl (C=O) groups is 1. The molecule has 1 atom stereocenters. The molecular formula is C15H24N2O2. The van der Waals surface area contributed by atoms with E-state index in [4.69, 9.17) is 10.5 Å². The highest BCUT2D eigenvalue weighted by atomic mass is 16.5. The highest BCUT2D eigenvalue weighted by Gasteiger charge is 2.16. The second-order valence-corrected chi connectivity index (χ2v) is 5.05. The van der Waals surface area contributed by atoms with Crippen molar-refractivity contribution >= 4 is 5.91 Å². The third-order valence-electron chi connectivity index (χ3n) is 2.80. The molecule has 0 bridgehead atoms. The van der Waals surface area contributed by atoms with Gasteiger partial charge in [0, 0.05) is 12.1 Å². The van der Waals surface area contributed by atoms with Crippen LogP contribution in [-0.4, -0.2) is 18.6 Å². The standard InChI is InChI=1S/C15H24N2O2/c1-4-13(15(16)18)19-14-8-6-5-7-12(14)10-17-9-11(2)3/h5-8,11,13,17H,4,9-10H2,1-3H3,(H2,16,18). The SMILES string of the molecule is CCC(Oc1ccccc1CNCC(C)C)C(N)=O. The van der Waals surface area contributed by atoms with Crippen molar-refractivity contribution in [3.8, 4) is 5.75 Å². The molecule has 0 aliphatic rings. The number of ether oxygens (including phenoxy) is 1. The number of benzene rings is 1. The van der Waals surface area contributed by atoms with Crippen molar-refractivity contribution in [2.24, 2.45) is 11.7 Å². The van der Waals surface area contributed by atoms with Crippen LogP contribution in [0.15, 0.2) is 24.3 Å². The number of para-hydroxylation sites is 1. The molecule has 19 heavy (non-hydrogen) atoms. The lowest BCUT2D eigenvalue weighted by molar-refractivity contribution is -0.124. The third kappa shape index (κ3) is 5.30. The molecule has 106 valence electrons. The molecule has 0 saturated carbocycles. The largest absolute Gasteiger partial charge is 0.480 e. The van der Waals surface area contributed by atoms with Crippen LogP contribution in [0.25, 0.3) is 0 Å². The van der Waals surface area contributed by atoms with E-state index in [1.807, 2.05) is 31.2 Å². The lowest BCUT2D eigenvalue weighted by Gasteiger charge is -2.17. The molecule has 1 aromatic rings. The molecule has 4 heteroatoms. The van der Waals surface area contributed by atoms with Gasteiger partial charge in [0.15, 0.2) is 6.10 Å². The highest BCUT2D eigenvalue weighted by molar-refractivity contribution is 5.79. The fourth-order valence-electron chi connectivity index (χ4n) is 1.76. The Morgan fingerprint density at radius 2 is 2.05 bits per heavy atom. The van der Waals surface area contributed by atoms with E-state index in [-0.39, 0.29) is 0 Å². The molecule has 0 spiro atoms. The van der Waals surface area contributed by atoms with E-state index in [0.717, 1.165) is 24.4 Å². The van der Waals surface area contributed by atoms with Crippen molar-refractivity contribution in [1.29, 1.82) is 0 Å². The second-order valence-electron chi connectivity index (χ2n) is 5.05. The van der Waals surface area contributed by atoms with Gasteiger partial charge in [-0.15, -0.1) is 0 Å². The summed E-state index contributed by atoms with van der Waals surface area (Å²) in [5, 5.41) is 3.37. The molecule has 0 heterocycles. The monoisotopic (exact) mass is 264 g/mol. The summed E-state index contributed by atoms with van der Waals surface area (Å²) in [5.41, 5.74) is 6.35. The fraction of sp³-hybridized carbons (Fsp3) is 0.533. The minimum Gasteiger partial charge on any atom is -0.480 e. The van der Waals surface area contributed by atoms with Crippen LogP contribution in [0.1, 0.15) is 32.8 Å². The van der Waals surface area contributed by atoms with Gasteiger partial charge < -0.3 is 15.8 Å². The van der Waals surface area contributed by atoms with Gasteiger partial charge in [0.25, 0.3) is 5.91 Å². The van der Waals surface area contributed by atoms with E-state index < -0.39 is 12.0 Å². The van der Waals surface area contributed by atoms with Crippen LogP contribution in [-0.2, 0) is 11.3 Å². The quantitative estimate of drug-likeness (QED) is 0.755. The van der Waals surface area contributed by atoms with Crippen molar-refractivity contribution in [2.45, 2.75) is 39.8 Å². The Balaban J connectivity index is 2.69. The maximum absolute atomic E-state index is 11.2. The smallest absolute Gasteiger partial charge is 0.258 e. The molecule has 1 unspecified atom stereocenters. The summed E-state index contributed by atoms with van der Waals surface area (Å²) in [4.78, 5) is 11.2. The topological polar surface area (TPSA) is 64.3 Å². The first kappa shape index (κ1) is 15.5. The van der Waals surface area contributed by atoms with Crippen LogP contribution < -0.4 is 15.8 Å². The van der Waals surface area contributed by atoms with Gasteiger partial charge in [0.1, 0.15) is 5.75 Å². The van der Waals surface area contributed by atoms with E-state index in [2.05, 4.69) is 19.2 Å². The number of carbonyl (C=O) groups excluding carboxylic acids is 1. The summed E-state index contributed by atoms with van der Waals surface area (Å²) < 4.78 is 5.70. The molecule has 0 aliphatic carbocycles. The first-order valence-corrected chi connectivity index (χ1v) is 6.79. The van der Waals surface area contributed by atoms with Crippen molar-refractivity contribution in [1.82, 2.24) is 5.32 Å². The lowest BCUT2D eigenvalue weighted by Crippen LogP contribution is -2.33. The van der Waals surface area contributed by atoms with E-state index >= 15 is 0 Å². The molecule has 1 aromatic carbocycles. The van der Waals surface area contributed by atoms with Gasteiger partial charge in [-0.3, -0.25) is 4.79 Å².